The number of ether oxygens (including phenoxy) is 1. The average Bonchev–Trinajstić information content (AvgIpc) is 2.69. The fourth-order valence-corrected chi connectivity index (χ4v) is 3.11. The van der Waals surface area contributed by atoms with Crippen LogP contribution in [0.15, 0.2) is 29.3 Å². The van der Waals surface area contributed by atoms with Crippen LogP contribution in [0.1, 0.15) is 24.5 Å². The van der Waals surface area contributed by atoms with Gasteiger partial charge in [0.1, 0.15) is 0 Å². The van der Waals surface area contributed by atoms with Crippen LogP contribution in [-0.4, -0.2) is 75.8 Å². The molecule has 0 atom stereocenters. The Morgan fingerprint density at radius 3 is 2.31 bits per heavy atom. The zero-order valence-corrected chi connectivity index (χ0v) is 16.6. The van der Waals surface area contributed by atoms with Crippen molar-refractivity contribution in [2.45, 2.75) is 26.4 Å². The van der Waals surface area contributed by atoms with Crippen molar-refractivity contribution in [3.63, 3.8) is 0 Å². The molecule has 0 aromatic heterocycles. The maximum Gasteiger partial charge on any atom is 0.191 e. The number of aliphatic imine (C=N–C) groups is 1. The van der Waals surface area contributed by atoms with Gasteiger partial charge in [-0.15, -0.1) is 0 Å². The molecule has 1 heterocycles. The van der Waals surface area contributed by atoms with Gasteiger partial charge in [0.2, 0.25) is 0 Å². The number of piperazine rings is 1. The van der Waals surface area contributed by atoms with E-state index in [1.54, 1.807) is 14.2 Å². The van der Waals surface area contributed by atoms with Gasteiger partial charge in [0.25, 0.3) is 0 Å². The van der Waals surface area contributed by atoms with E-state index in [9.17, 15) is 0 Å². The monoisotopic (exact) mass is 361 g/mol. The summed E-state index contributed by atoms with van der Waals surface area (Å²) in [6, 6.07) is 8.92. The van der Waals surface area contributed by atoms with Crippen LogP contribution < -0.4 is 10.6 Å². The van der Waals surface area contributed by atoms with E-state index >= 15 is 0 Å². The molecule has 26 heavy (non-hydrogen) atoms. The van der Waals surface area contributed by atoms with Gasteiger partial charge in [-0.2, -0.15) is 0 Å². The second kappa shape index (κ2) is 11.9. The van der Waals surface area contributed by atoms with E-state index in [2.05, 4.69) is 56.6 Å². The molecular formula is C20H35N5O. The van der Waals surface area contributed by atoms with Crippen molar-refractivity contribution in [3.8, 4) is 0 Å². The maximum absolute atomic E-state index is 5.06. The van der Waals surface area contributed by atoms with E-state index < -0.39 is 0 Å². The minimum Gasteiger partial charge on any atom is -0.385 e. The number of methoxy groups -OCH3 is 1. The molecule has 6 nitrogen and oxygen atoms in total. The average molecular weight is 362 g/mol. The first kappa shape index (κ1) is 20.7. The SMILES string of the molecule is CCN1CCN(Cc2ccc(CNC(=NC)NCCCOC)cc2)CC1. The number of hydrogen-bond donors (Lipinski definition) is 2. The first-order valence-electron chi connectivity index (χ1n) is 9.71. The van der Waals surface area contributed by atoms with Crippen LogP contribution in [0.5, 0.6) is 0 Å². The molecule has 0 amide bonds. The molecule has 0 radical (unpaired) electrons. The van der Waals surface area contributed by atoms with Crippen molar-refractivity contribution in [2.24, 2.45) is 4.99 Å². The molecule has 1 fully saturated rings. The summed E-state index contributed by atoms with van der Waals surface area (Å²) in [4.78, 5) is 9.31. The first-order valence-corrected chi connectivity index (χ1v) is 9.71. The topological polar surface area (TPSA) is 52.1 Å². The zero-order valence-electron chi connectivity index (χ0n) is 16.6. The van der Waals surface area contributed by atoms with Crippen molar-refractivity contribution in [3.05, 3.63) is 35.4 Å². The first-order chi connectivity index (χ1) is 12.7. The molecule has 146 valence electrons. The smallest absolute Gasteiger partial charge is 0.191 e. The van der Waals surface area contributed by atoms with Gasteiger partial charge in [-0.25, -0.2) is 0 Å². The summed E-state index contributed by atoms with van der Waals surface area (Å²) >= 11 is 0. The summed E-state index contributed by atoms with van der Waals surface area (Å²) in [5, 5.41) is 6.65. The highest BCUT2D eigenvalue weighted by Crippen LogP contribution is 2.10. The molecule has 1 aromatic carbocycles. The third-order valence-corrected chi connectivity index (χ3v) is 4.84. The van der Waals surface area contributed by atoms with Crippen molar-refractivity contribution >= 4 is 5.96 Å². The van der Waals surface area contributed by atoms with E-state index in [1.165, 1.54) is 43.9 Å². The number of likely N-dealkylation sites (N-methyl/N-ethyl adjacent to an activating group) is 1. The number of nitrogens with one attached hydrogen (secondary N) is 2. The summed E-state index contributed by atoms with van der Waals surface area (Å²) in [6.07, 6.45) is 0.971. The molecule has 2 N–H and O–H groups in total. The van der Waals surface area contributed by atoms with E-state index in [-0.39, 0.29) is 0 Å². The largest absolute Gasteiger partial charge is 0.385 e. The number of guanidine groups is 1. The lowest BCUT2D eigenvalue weighted by atomic mass is 10.1. The van der Waals surface area contributed by atoms with Gasteiger partial charge in [0.05, 0.1) is 0 Å². The van der Waals surface area contributed by atoms with Crippen LogP contribution in [0.4, 0.5) is 0 Å². The summed E-state index contributed by atoms with van der Waals surface area (Å²) in [5.41, 5.74) is 2.66. The number of hydrogen-bond acceptors (Lipinski definition) is 4. The third kappa shape index (κ3) is 7.32. The van der Waals surface area contributed by atoms with Crippen molar-refractivity contribution < 1.29 is 4.74 Å². The summed E-state index contributed by atoms with van der Waals surface area (Å²) in [7, 11) is 3.52. The Balaban J connectivity index is 1.71. The van der Waals surface area contributed by atoms with Gasteiger partial charge in [0.15, 0.2) is 5.96 Å². The third-order valence-electron chi connectivity index (χ3n) is 4.84. The second-order valence-electron chi connectivity index (χ2n) is 6.73. The molecule has 1 aliphatic heterocycles. The highest BCUT2D eigenvalue weighted by Gasteiger charge is 2.15. The fourth-order valence-electron chi connectivity index (χ4n) is 3.11. The van der Waals surface area contributed by atoms with Crippen LogP contribution >= 0.6 is 0 Å². The molecule has 0 aliphatic carbocycles. The van der Waals surface area contributed by atoms with Crippen molar-refractivity contribution in [1.82, 2.24) is 20.4 Å². The highest BCUT2D eigenvalue weighted by molar-refractivity contribution is 5.79. The quantitative estimate of drug-likeness (QED) is 0.397. The van der Waals surface area contributed by atoms with Gasteiger partial charge in [0, 0.05) is 66.6 Å². The molecule has 0 saturated carbocycles. The second-order valence-corrected chi connectivity index (χ2v) is 6.73. The minimum absolute atomic E-state index is 0.763. The van der Waals surface area contributed by atoms with Gasteiger partial charge in [-0.1, -0.05) is 31.2 Å². The molecule has 6 heteroatoms. The number of benzene rings is 1. The van der Waals surface area contributed by atoms with Crippen molar-refractivity contribution in [2.75, 3.05) is 60.0 Å². The lowest BCUT2D eigenvalue weighted by molar-refractivity contribution is 0.132. The zero-order chi connectivity index (χ0) is 18.6. The van der Waals surface area contributed by atoms with Crippen LogP contribution in [0.2, 0.25) is 0 Å². The predicted molar refractivity (Wildman–Crippen MR) is 109 cm³/mol. The summed E-state index contributed by atoms with van der Waals surface area (Å²) in [5.74, 6) is 0.832. The Hall–Kier alpha value is -1.63. The number of nitrogens with zero attached hydrogens (tertiary/aromatic N) is 3. The van der Waals surface area contributed by atoms with Crippen LogP contribution in [0.25, 0.3) is 0 Å². The molecule has 1 aliphatic rings. The molecular weight excluding hydrogens is 326 g/mol. The standard InChI is InChI=1S/C20H35N5O/c1-4-24-11-13-25(14-12-24)17-19-8-6-18(7-9-19)16-23-20(21-2)22-10-5-15-26-3/h6-9H,4-5,10-17H2,1-3H3,(H2,21,22,23). The Kier molecular flexibility index (Phi) is 9.45. The Morgan fingerprint density at radius 2 is 1.69 bits per heavy atom. The van der Waals surface area contributed by atoms with Gasteiger partial charge >= 0.3 is 0 Å². The van der Waals surface area contributed by atoms with E-state index in [0.717, 1.165) is 38.6 Å². The molecule has 1 saturated heterocycles. The van der Waals surface area contributed by atoms with Crippen LogP contribution in [0, 0.1) is 0 Å². The Morgan fingerprint density at radius 1 is 1.04 bits per heavy atom. The van der Waals surface area contributed by atoms with Crippen LogP contribution in [0.3, 0.4) is 0 Å². The van der Waals surface area contributed by atoms with E-state index in [1.807, 2.05) is 0 Å². The fraction of sp³-hybridized carbons (Fsp3) is 0.650. The normalized spacial score (nSPS) is 16.7. The molecule has 0 spiro atoms. The van der Waals surface area contributed by atoms with Crippen molar-refractivity contribution in [1.29, 1.82) is 0 Å². The summed E-state index contributed by atoms with van der Waals surface area (Å²) < 4.78 is 5.06. The number of rotatable bonds is 9. The van der Waals surface area contributed by atoms with Crippen LogP contribution in [-0.2, 0) is 17.8 Å². The predicted octanol–water partition coefficient (Wildman–Crippen LogP) is 1.53. The Bertz CT molecular complexity index is 524. The Labute approximate surface area is 158 Å². The van der Waals surface area contributed by atoms with Gasteiger partial charge in [-0.05, 0) is 24.1 Å². The minimum atomic E-state index is 0.763. The summed E-state index contributed by atoms with van der Waals surface area (Å²) in [6.45, 7) is 11.6. The lowest BCUT2D eigenvalue weighted by Gasteiger charge is -2.34. The van der Waals surface area contributed by atoms with E-state index in [4.69, 9.17) is 4.74 Å². The molecule has 2 rings (SSSR count). The molecule has 1 aromatic rings. The van der Waals surface area contributed by atoms with E-state index in [0.29, 0.717) is 0 Å². The molecule has 0 bridgehead atoms. The lowest BCUT2D eigenvalue weighted by Crippen LogP contribution is -2.45. The van der Waals surface area contributed by atoms with Gasteiger partial charge in [-0.3, -0.25) is 9.89 Å². The maximum atomic E-state index is 5.06. The van der Waals surface area contributed by atoms with Gasteiger partial charge < -0.3 is 20.3 Å². The highest BCUT2D eigenvalue weighted by atomic mass is 16.5. The molecule has 0 unspecified atom stereocenters.